The van der Waals surface area contributed by atoms with Crippen LogP contribution < -0.4 is 11.2 Å². The number of aromatic amines is 1. The van der Waals surface area contributed by atoms with E-state index in [0.29, 0.717) is 5.69 Å². The normalized spacial score (nSPS) is 11.5. The largest absolute Gasteiger partial charge is 0.334 e. The van der Waals surface area contributed by atoms with E-state index in [1.807, 2.05) is 32.9 Å². The number of nitrogens with one attached hydrogen (secondary N) is 1. The minimum Gasteiger partial charge on any atom is -0.273 e. The lowest BCUT2D eigenvalue weighted by Gasteiger charge is -2.19. The second kappa shape index (κ2) is 6.38. The van der Waals surface area contributed by atoms with E-state index >= 15 is 0 Å². The minimum absolute atomic E-state index is 0.0208. The van der Waals surface area contributed by atoms with E-state index in [1.54, 1.807) is 0 Å². The molecule has 0 aliphatic carbocycles. The first-order valence-electron chi connectivity index (χ1n) is 7.52. The van der Waals surface area contributed by atoms with Crippen LogP contribution in [0.4, 0.5) is 4.39 Å². The summed E-state index contributed by atoms with van der Waals surface area (Å²) in [5.74, 6) is -0.725. The molecule has 0 aliphatic rings. The zero-order chi connectivity index (χ0) is 18.5. The predicted octanol–water partition coefficient (Wildman–Crippen LogP) is 4.06. The Morgan fingerprint density at radius 1 is 1.28 bits per heavy atom. The number of aryl methyl sites for hydroxylation is 1. The monoisotopic (exact) mass is 425 g/mol. The molecule has 1 aromatic carbocycles. The predicted molar refractivity (Wildman–Crippen MR) is 99.5 cm³/mol. The van der Waals surface area contributed by atoms with Crippen molar-refractivity contribution in [1.29, 1.82) is 0 Å². The molecule has 0 atom stereocenters. The molecule has 3 rings (SSSR count). The fourth-order valence-corrected chi connectivity index (χ4v) is 3.55. The van der Waals surface area contributed by atoms with Crippen molar-refractivity contribution in [3.63, 3.8) is 0 Å². The Balaban J connectivity index is 2.56. The summed E-state index contributed by atoms with van der Waals surface area (Å²) in [6, 6.07) is 4.75. The van der Waals surface area contributed by atoms with Crippen molar-refractivity contribution in [2.45, 2.75) is 26.7 Å². The van der Waals surface area contributed by atoms with E-state index < -0.39 is 22.2 Å². The van der Waals surface area contributed by atoms with Crippen LogP contribution in [0.5, 0.6) is 0 Å². The third kappa shape index (κ3) is 3.02. The van der Waals surface area contributed by atoms with E-state index in [1.165, 1.54) is 4.57 Å². The fourth-order valence-electron chi connectivity index (χ4n) is 2.83. The third-order valence-electron chi connectivity index (χ3n) is 3.93. The van der Waals surface area contributed by atoms with Crippen LogP contribution in [0.25, 0.3) is 16.7 Å². The van der Waals surface area contributed by atoms with E-state index in [2.05, 4.69) is 25.9 Å². The topological polar surface area (TPSA) is 67.8 Å². The molecule has 2 aromatic heterocycles. The van der Waals surface area contributed by atoms with Gasteiger partial charge in [0.1, 0.15) is 0 Å². The number of pyridine rings is 1. The molecule has 3 aromatic rings. The Hall–Kier alpha value is -1.99. The van der Waals surface area contributed by atoms with Crippen LogP contribution in [0.3, 0.4) is 0 Å². The first kappa shape index (κ1) is 17.8. The highest BCUT2D eigenvalue weighted by atomic mass is 79.9. The summed E-state index contributed by atoms with van der Waals surface area (Å²) in [6.07, 6.45) is 0. The van der Waals surface area contributed by atoms with Gasteiger partial charge in [-0.15, -0.1) is 0 Å². The number of benzene rings is 1. The summed E-state index contributed by atoms with van der Waals surface area (Å²) in [5, 5.41) is -0.439. The average Bonchev–Trinajstić information content (AvgIpc) is 2.50. The van der Waals surface area contributed by atoms with Crippen LogP contribution in [0.1, 0.15) is 30.9 Å². The number of fused-ring (bicyclic) bond motifs is 1. The molecule has 0 saturated heterocycles. The number of aromatic nitrogens is 3. The molecule has 130 valence electrons. The zero-order valence-electron chi connectivity index (χ0n) is 13.7. The highest BCUT2D eigenvalue weighted by Crippen LogP contribution is 2.30. The van der Waals surface area contributed by atoms with Crippen LogP contribution in [-0.2, 0) is 0 Å². The van der Waals surface area contributed by atoms with E-state index in [9.17, 15) is 14.0 Å². The van der Waals surface area contributed by atoms with Crippen molar-refractivity contribution in [1.82, 2.24) is 14.5 Å². The average molecular weight is 427 g/mol. The fraction of sp³-hybridized carbons (Fsp3) is 0.235. The van der Waals surface area contributed by atoms with Gasteiger partial charge in [-0.25, -0.2) is 18.7 Å². The number of hydrogen-bond donors (Lipinski definition) is 1. The lowest BCUT2D eigenvalue weighted by atomic mass is 9.98. The summed E-state index contributed by atoms with van der Waals surface area (Å²) < 4.78 is 15.9. The first-order valence-corrected chi connectivity index (χ1v) is 8.69. The van der Waals surface area contributed by atoms with Gasteiger partial charge in [0, 0.05) is 4.47 Å². The van der Waals surface area contributed by atoms with Gasteiger partial charge < -0.3 is 0 Å². The van der Waals surface area contributed by atoms with Crippen LogP contribution >= 0.6 is 27.5 Å². The second-order valence-corrected chi connectivity index (χ2v) is 7.32. The summed E-state index contributed by atoms with van der Waals surface area (Å²) >= 11 is 9.26. The molecule has 5 nitrogen and oxygen atoms in total. The van der Waals surface area contributed by atoms with Gasteiger partial charge in [-0.2, -0.15) is 0 Å². The molecule has 0 amide bonds. The molecule has 2 heterocycles. The van der Waals surface area contributed by atoms with Gasteiger partial charge in [0.2, 0.25) is 0 Å². The molecule has 0 unspecified atom stereocenters. The minimum atomic E-state index is -0.818. The molecule has 1 N–H and O–H groups in total. The van der Waals surface area contributed by atoms with Crippen LogP contribution in [0.15, 0.2) is 32.3 Å². The molecule has 25 heavy (non-hydrogen) atoms. The van der Waals surface area contributed by atoms with Crippen molar-refractivity contribution >= 4 is 38.6 Å². The molecule has 0 saturated carbocycles. The van der Waals surface area contributed by atoms with Crippen molar-refractivity contribution in [2.75, 3.05) is 0 Å². The third-order valence-corrected chi connectivity index (χ3v) is 4.66. The Morgan fingerprint density at radius 3 is 2.60 bits per heavy atom. The highest BCUT2D eigenvalue weighted by molar-refractivity contribution is 9.10. The maximum Gasteiger partial charge on any atom is 0.334 e. The Morgan fingerprint density at radius 2 is 1.96 bits per heavy atom. The van der Waals surface area contributed by atoms with Gasteiger partial charge in [-0.3, -0.25) is 9.78 Å². The van der Waals surface area contributed by atoms with E-state index in [-0.39, 0.29) is 17.0 Å². The van der Waals surface area contributed by atoms with Crippen LogP contribution in [0, 0.1) is 12.7 Å². The molecule has 0 spiro atoms. The molecule has 0 fully saturated rings. The first-order chi connectivity index (χ1) is 11.7. The molecule has 0 radical (unpaired) electrons. The molecular weight excluding hydrogens is 413 g/mol. The number of rotatable bonds is 2. The molecular formula is C17H14BrClFN3O2. The van der Waals surface area contributed by atoms with E-state index in [0.717, 1.165) is 21.7 Å². The SMILES string of the molecule is Cc1cc(Br)cc(C(C)C)c1-n1c(=O)[nH]c(=O)c2cc(F)c(Cl)nc21. The number of hydrogen-bond acceptors (Lipinski definition) is 3. The molecule has 8 heteroatoms. The Bertz CT molecular complexity index is 1120. The number of H-pyrrole nitrogens is 1. The van der Waals surface area contributed by atoms with Crippen LogP contribution in [-0.4, -0.2) is 14.5 Å². The smallest absolute Gasteiger partial charge is 0.273 e. The van der Waals surface area contributed by atoms with Gasteiger partial charge in [0.25, 0.3) is 5.56 Å². The van der Waals surface area contributed by atoms with Gasteiger partial charge >= 0.3 is 5.69 Å². The summed E-state index contributed by atoms with van der Waals surface area (Å²) in [7, 11) is 0. The van der Waals surface area contributed by atoms with Crippen molar-refractivity contribution in [3.05, 3.63) is 65.6 Å². The molecule has 0 bridgehead atoms. The van der Waals surface area contributed by atoms with Crippen molar-refractivity contribution < 1.29 is 4.39 Å². The quantitative estimate of drug-likeness (QED) is 0.628. The van der Waals surface area contributed by atoms with Gasteiger partial charge in [-0.1, -0.05) is 41.4 Å². The highest BCUT2D eigenvalue weighted by Gasteiger charge is 2.19. The van der Waals surface area contributed by atoms with Crippen molar-refractivity contribution in [3.8, 4) is 5.69 Å². The second-order valence-electron chi connectivity index (χ2n) is 6.04. The standard InChI is InChI=1S/C17H14BrClFN3O2/c1-7(2)10-5-9(18)4-8(3)13(10)23-15-11(16(24)22-17(23)25)6-12(20)14(19)21-15/h4-7H,1-3H3,(H,22,24,25). The lowest BCUT2D eigenvalue weighted by Crippen LogP contribution is -2.31. The Labute approximate surface area is 155 Å². The van der Waals surface area contributed by atoms with E-state index in [4.69, 9.17) is 11.6 Å². The van der Waals surface area contributed by atoms with Crippen LogP contribution in [0.2, 0.25) is 5.15 Å². The van der Waals surface area contributed by atoms with Gasteiger partial charge in [0.05, 0.1) is 11.1 Å². The number of nitrogens with zero attached hydrogens (tertiary/aromatic N) is 2. The van der Waals surface area contributed by atoms with Crippen molar-refractivity contribution in [2.24, 2.45) is 0 Å². The van der Waals surface area contributed by atoms with Gasteiger partial charge in [0.15, 0.2) is 16.6 Å². The number of halogens is 3. The summed E-state index contributed by atoms with van der Waals surface area (Å²) in [5.41, 5.74) is 0.938. The Kier molecular flexibility index (Phi) is 4.55. The maximum absolute atomic E-state index is 13.8. The lowest BCUT2D eigenvalue weighted by molar-refractivity contribution is 0.623. The summed E-state index contributed by atoms with van der Waals surface area (Å²) in [6.45, 7) is 5.83. The maximum atomic E-state index is 13.8. The summed E-state index contributed by atoms with van der Waals surface area (Å²) in [4.78, 5) is 30.8. The zero-order valence-corrected chi connectivity index (χ0v) is 16.0. The molecule has 0 aliphatic heterocycles. The van der Waals surface area contributed by atoms with Gasteiger partial charge in [-0.05, 0) is 42.2 Å².